The predicted molar refractivity (Wildman–Crippen MR) is 82.4 cm³/mol. The van der Waals surface area contributed by atoms with Crippen LogP contribution in [0.5, 0.6) is 0 Å². The van der Waals surface area contributed by atoms with Crippen LogP contribution in [0, 0.1) is 0 Å². The van der Waals surface area contributed by atoms with E-state index in [-0.39, 0.29) is 18.2 Å². The van der Waals surface area contributed by atoms with Crippen molar-refractivity contribution in [3.8, 4) is 0 Å². The number of nitrogens with one attached hydrogen (secondary N) is 1. The lowest BCUT2D eigenvalue weighted by Gasteiger charge is -2.16. The molecule has 0 saturated carbocycles. The summed E-state index contributed by atoms with van der Waals surface area (Å²) < 4.78 is 0. The van der Waals surface area contributed by atoms with Crippen molar-refractivity contribution in [1.82, 2.24) is 0 Å². The number of amides is 2. The number of hydrogen-bond donors (Lipinski definition) is 1. The molecule has 2 amide bonds. The predicted octanol–water partition coefficient (Wildman–Crippen LogP) is 3.08. The fraction of sp³-hybridized carbons (Fsp3) is 0.125. The summed E-state index contributed by atoms with van der Waals surface area (Å²) in [6.45, 7) is 0. The van der Waals surface area contributed by atoms with Crippen LogP contribution in [0.15, 0.2) is 54.6 Å². The third kappa shape index (κ3) is 2.76. The molecule has 0 spiro atoms. The Balaban J connectivity index is 1.80. The third-order valence-corrected chi connectivity index (χ3v) is 3.60. The number of anilines is 2. The van der Waals surface area contributed by atoms with Gasteiger partial charge in [-0.2, -0.15) is 0 Å². The third-order valence-electron chi connectivity index (χ3n) is 3.35. The number of halogens is 1. The highest BCUT2D eigenvalue weighted by Gasteiger charge is 2.39. The minimum absolute atomic E-state index is 0.149. The van der Waals surface area contributed by atoms with Gasteiger partial charge in [0.1, 0.15) is 6.04 Å². The second-order valence-corrected chi connectivity index (χ2v) is 5.25. The monoisotopic (exact) mass is 300 g/mol. The van der Waals surface area contributed by atoms with Gasteiger partial charge in [-0.3, -0.25) is 9.59 Å². The lowest BCUT2D eigenvalue weighted by molar-refractivity contribution is -0.121. The molecule has 2 aromatic carbocycles. The average molecular weight is 301 g/mol. The number of rotatable bonds is 3. The molecule has 1 saturated heterocycles. The zero-order valence-electron chi connectivity index (χ0n) is 11.1. The largest absolute Gasteiger partial charge is 0.373 e. The summed E-state index contributed by atoms with van der Waals surface area (Å²) in [4.78, 5) is 25.7. The van der Waals surface area contributed by atoms with Crippen molar-refractivity contribution in [1.29, 1.82) is 0 Å². The lowest BCUT2D eigenvalue weighted by Crippen LogP contribution is -2.34. The fourth-order valence-electron chi connectivity index (χ4n) is 2.34. The van der Waals surface area contributed by atoms with E-state index < -0.39 is 6.04 Å². The number of benzene rings is 2. The van der Waals surface area contributed by atoms with Crippen LogP contribution in [0.2, 0.25) is 5.02 Å². The quantitative estimate of drug-likeness (QED) is 0.886. The van der Waals surface area contributed by atoms with Gasteiger partial charge in [0, 0.05) is 10.7 Å². The van der Waals surface area contributed by atoms with Crippen molar-refractivity contribution in [3.05, 3.63) is 59.6 Å². The van der Waals surface area contributed by atoms with E-state index in [1.807, 2.05) is 30.3 Å². The van der Waals surface area contributed by atoms with Gasteiger partial charge in [0.15, 0.2) is 0 Å². The normalized spacial score (nSPS) is 18.1. The van der Waals surface area contributed by atoms with Gasteiger partial charge in [-0.15, -0.1) is 0 Å². The van der Waals surface area contributed by atoms with E-state index >= 15 is 0 Å². The molecule has 0 bridgehead atoms. The fourth-order valence-corrected chi connectivity index (χ4v) is 2.47. The first-order valence-electron chi connectivity index (χ1n) is 6.59. The molecule has 1 aliphatic heterocycles. The molecule has 1 unspecified atom stereocenters. The van der Waals surface area contributed by atoms with Gasteiger partial charge in [-0.05, 0) is 36.4 Å². The van der Waals surface area contributed by atoms with Crippen LogP contribution in [0.25, 0.3) is 0 Å². The molecule has 21 heavy (non-hydrogen) atoms. The van der Waals surface area contributed by atoms with Gasteiger partial charge in [0.2, 0.25) is 5.91 Å². The minimum atomic E-state index is -0.532. The van der Waals surface area contributed by atoms with E-state index in [1.54, 1.807) is 24.3 Å². The maximum atomic E-state index is 12.4. The number of imide groups is 1. The van der Waals surface area contributed by atoms with Crippen molar-refractivity contribution in [3.63, 3.8) is 0 Å². The first-order chi connectivity index (χ1) is 10.1. The Bertz CT molecular complexity index is 670. The number of carbonyl (C=O) groups is 2. The van der Waals surface area contributed by atoms with E-state index in [0.29, 0.717) is 10.7 Å². The summed E-state index contributed by atoms with van der Waals surface area (Å²) in [6, 6.07) is 15.5. The van der Waals surface area contributed by atoms with Gasteiger partial charge >= 0.3 is 0 Å². The molecule has 1 aliphatic rings. The Kier molecular flexibility index (Phi) is 3.62. The molecule has 106 valence electrons. The highest BCUT2D eigenvalue weighted by atomic mass is 35.5. The Labute approximate surface area is 127 Å². The second-order valence-electron chi connectivity index (χ2n) is 4.81. The highest BCUT2D eigenvalue weighted by molar-refractivity contribution is 6.30. The van der Waals surface area contributed by atoms with Crippen LogP contribution in [0.3, 0.4) is 0 Å². The van der Waals surface area contributed by atoms with E-state index in [2.05, 4.69) is 5.32 Å². The maximum absolute atomic E-state index is 12.4. The van der Waals surface area contributed by atoms with E-state index in [4.69, 9.17) is 11.6 Å². The highest BCUT2D eigenvalue weighted by Crippen LogP contribution is 2.26. The van der Waals surface area contributed by atoms with Gasteiger partial charge in [0.05, 0.1) is 12.1 Å². The van der Waals surface area contributed by atoms with E-state index in [9.17, 15) is 9.59 Å². The van der Waals surface area contributed by atoms with Gasteiger partial charge in [-0.1, -0.05) is 29.8 Å². The van der Waals surface area contributed by atoms with Crippen molar-refractivity contribution >= 4 is 34.8 Å². The second kappa shape index (κ2) is 5.58. The van der Waals surface area contributed by atoms with Crippen molar-refractivity contribution < 1.29 is 9.59 Å². The van der Waals surface area contributed by atoms with Crippen LogP contribution in [0.4, 0.5) is 11.4 Å². The zero-order valence-corrected chi connectivity index (χ0v) is 11.9. The number of para-hydroxylation sites is 1. The maximum Gasteiger partial charge on any atom is 0.256 e. The van der Waals surface area contributed by atoms with Crippen LogP contribution in [-0.2, 0) is 9.59 Å². The SMILES string of the molecule is O=C1CC(Nc2ccccc2)C(=O)N1c1ccc(Cl)cc1. The Morgan fingerprint density at radius 3 is 2.33 bits per heavy atom. The van der Waals surface area contributed by atoms with Gasteiger partial charge < -0.3 is 5.32 Å². The molecule has 5 heteroatoms. The van der Waals surface area contributed by atoms with Crippen molar-refractivity contribution in [2.45, 2.75) is 12.5 Å². The number of nitrogens with zero attached hydrogens (tertiary/aromatic N) is 1. The summed E-state index contributed by atoms with van der Waals surface area (Å²) in [5.74, 6) is -0.457. The summed E-state index contributed by atoms with van der Waals surface area (Å²) >= 11 is 5.83. The molecule has 1 fully saturated rings. The lowest BCUT2D eigenvalue weighted by atomic mass is 10.2. The minimum Gasteiger partial charge on any atom is -0.373 e. The van der Waals surface area contributed by atoms with Crippen molar-refractivity contribution in [2.24, 2.45) is 0 Å². The molecule has 1 atom stereocenters. The molecule has 2 aromatic rings. The van der Waals surface area contributed by atoms with E-state index in [1.165, 1.54) is 4.90 Å². The van der Waals surface area contributed by atoms with Crippen LogP contribution in [0.1, 0.15) is 6.42 Å². The molecular formula is C16H13ClN2O2. The molecule has 0 aromatic heterocycles. The Hall–Kier alpha value is -2.33. The topological polar surface area (TPSA) is 49.4 Å². The smallest absolute Gasteiger partial charge is 0.256 e. The molecular weight excluding hydrogens is 288 g/mol. The molecule has 0 radical (unpaired) electrons. The van der Waals surface area contributed by atoms with Crippen LogP contribution >= 0.6 is 11.6 Å². The van der Waals surface area contributed by atoms with Gasteiger partial charge in [0.25, 0.3) is 5.91 Å². The summed E-state index contributed by atoms with van der Waals surface area (Å²) in [5.41, 5.74) is 1.37. The first-order valence-corrected chi connectivity index (χ1v) is 6.97. The molecule has 1 heterocycles. The van der Waals surface area contributed by atoms with Crippen LogP contribution in [-0.4, -0.2) is 17.9 Å². The Morgan fingerprint density at radius 2 is 1.67 bits per heavy atom. The van der Waals surface area contributed by atoms with E-state index in [0.717, 1.165) is 5.69 Å². The first kappa shape index (κ1) is 13.6. The molecule has 1 N–H and O–H groups in total. The van der Waals surface area contributed by atoms with Crippen molar-refractivity contribution in [2.75, 3.05) is 10.2 Å². The standard InChI is InChI=1S/C16H13ClN2O2/c17-11-6-8-13(9-7-11)19-15(20)10-14(16(19)21)18-12-4-2-1-3-5-12/h1-9,14,18H,10H2. The molecule has 3 rings (SSSR count). The van der Waals surface area contributed by atoms with Crippen LogP contribution < -0.4 is 10.2 Å². The zero-order chi connectivity index (χ0) is 14.8. The summed E-state index contributed by atoms with van der Waals surface area (Å²) in [5, 5.41) is 3.66. The number of hydrogen-bond acceptors (Lipinski definition) is 3. The summed E-state index contributed by atoms with van der Waals surface area (Å²) in [7, 11) is 0. The average Bonchev–Trinajstić information content (AvgIpc) is 2.76. The summed E-state index contributed by atoms with van der Waals surface area (Å²) in [6.07, 6.45) is 0.149. The molecule has 4 nitrogen and oxygen atoms in total. The Morgan fingerprint density at radius 1 is 1.00 bits per heavy atom. The number of carbonyl (C=O) groups excluding carboxylic acids is 2. The van der Waals surface area contributed by atoms with Gasteiger partial charge in [-0.25, -0.2) is 4.90 Å². The molecule has 0 aliphatic carbocycles.